The minimum Gasteiger partial charge on any atom is -0.493 e. The van der Waals surface area contributed by atoms with Crippen LogP contribution in [0.25, 0.3) is 0 Å². The second-order valence-electron chi connectivity index (χ2n) is 5.85. The van der Waals surface area contributed by atoms with Crippen LogP contribution in [0.3, 0.4) is 0 Å². The molecular formula is C18H18N2O2. The molecule has 0 radical (unpaired) electrons. The maximum atomic E-state index is 12.3. The van der Waals surface area contributed by atoms with E-state index in [1.54, 1.807) is 0 Å². The van der Waals surface area contributed by atoms with Gasteiger partial charge in [0, 0.05) is 23.7 Å². The summed E-state index contributed by atoms with van der Waals surface area (Å²) in [5.74, 6) is 0.881. The molecule has 0 fully saturated rings. The predicted octanol–water partition coefficient (Wildman–Crippen LogP) is 2.91. The second kappa shape index (κ2) is 5.37. The van der Waals surface area contributed by atoms with Crippen LogP contribution in [0.2, 0.25) is 0 Å². The largest absolute Gasteiger partial charge is 0.493 e. The molecule has 0 unspecified atom stereocenters. The van der Waals surface area contributed by atoms with Crippen LogP contribution in [0, 0.1) is 0 Å². The summed E-state index contributed by atoms with van der Waals surface area (Å²) in [6.07, 6.45) is 2.65. The number of ether oxygens (including phenoxy) is 1. The molecule has 4 nitrogen and oxygen atoms in total. The summed E-state index contributed by atoms with van der Waals surface area (Å²) in [5, 5.41) is 6.04. The normalized spacial score (nSPS) is 15.8. The van der Waals surface area contributed by atoms with Gasteiger partial charge in [0.05, 0.1) is 6.61 Å². The van der Waals surface area contributed by atoms with Crippen LogP contribution in [0.15, 0.2) is 42.5 Å². The Morgan fingerprint density at radius 3 is 2.59 bits per heavy atom. The quantitative estimate of drug-likeness (QED) is 0.894. The van der Waals surface area contributed by atoms with Gasteiger partial charge in [-0.15, -0.1) is 0 Å². The fraction of sp³-hybridized carbons (Fsp3) is 0.278. The zero-order valence-electron chi connectivity index (χ0n) is 12.3. The zero-order chi connectivity index (χ0) is 14.9. The standard InChI is InChI=1S/C18H18N2O2/c21-18(19-14-10-12-4-1-2-5-13(12)11-14)20-16-6-3-7-17-15(16)8-9-22-17/h1-7,14H,8-11H2,(H2,19,20,21). The van der Waals surface area contributed by atoms with E-state index in [0.29, 0.717) is 6.61 Å². The highest BCUT2D eigenvalue weighted by Crippen LogP contribution is 2.31. The van der Waals surface area contributed by atoms with E-state index < -0.39 is 0 Å². The highest BCUT2D eigenvalue weighted by molar-refractivity contribution is 5.91. The maximum absolute atomic E-state index is 12.3. The highest BCUT2D eigenvalue weighted by atomic mass is 16.5. The van der Waals surface area contributed by atoms with Crippen molar-refractivity contribution < 1.29 is 9.53 Å². The lowest BCUT2D eigenvalue weighted by atomic mass is 10.1. The molecule has 4 rings (SSSR count). The molecule has 0 bridgehead atoms. The topological polar surface area (TPSA) is 50.4 Å². The average molecular weight is 294 g/mol. The number of rotatable bonds is 2. The number of amides is 2. The van der Waals surface area contributed by atoms with E-state index in [4.69, 9.17) is 4.74 Å². The zero-order valence-corrected chi connectivity index (χ0v) is 12.3. The first-order chi connectivity index (χ1) is 10.8. The molecule has 2 amide bonds. The van der Waals surface area contributed by atoms with Crippen molar-refractivity contribution in [2.45, 2.75) is 25.3 Å². The first-order valence-electron chi connectivity index (χ1n) is 7.68. The SMILES string of the molecule is O=C(Nc1cccc2c1CCO2)NC1Cc2ccccc2C1. The van der Waals surface area contributed by atoms with Gasteiger partial charge in [0.15, 0.2) is 0 Å². The van der Waals surface area contributed by atoms with Crippen LogP contribution in [-0.4, -0.2) is 18.7 Å². The van der Waals surface area contributed by atoms with Crippen LogP contribution in [0.4, 0.5) is 10.5 Å². The lowest BCUT2D eigenvalue weighted by Gasteiger charge is -2.14. The molecule has 112 valence electrons. The van der Waals surface area contributed by atoms with Crippen LogP contribution in [0.5, 0.6) is 5.75 Å². The Hall–Kier alpha value is -2.49. The molecule has 4 heteroatoms. The predicted molar refractivity (Wildman–Crippen MR) is 85.4 cm³/mol. The van der Waals surface area contributed by atoms with Gasteiger partial charge in [-0.05, 0) is 36.1 Å². The smallest absolute Gasteiger partial charge is 0.319 e. The number of hydrogen-bond donors (Lipinski definition) is 2. The summed E-state index contributed by atoms with van der Waals surface area (Å²) in [7, 11) is 0. The Bertz CT molecular complexity index is 702. The molecule has 2 N–H and O–H groups in total. The molecule has 1 heterocycles. The molecule has 0 aromatic heterocycles. The lowest BCUT2D eigenvalue weighted by molar-refractivity contribution is 0.249. The van der Waals surface area contributed by atoms with Crippen molar-refractivity contribution in [3.05, 3.63) is 59.2 Å². The third-order valence-electron chi connectivity index (χ3n) is 4.38. The minimum atomic E-state index is -0.141. The monoisotopic (exact) mass is 294 g/mol. The van der Waals surface area contributed by atoms with Gasteiger partial charge in [0.2, 0.25) is 0 Å². The van der Waals surface area contributed by atoms with E-state index in [-0.39, 0.29) is 12.1 Å². The molecular weight excluding hydrogens is 276 g/mol. The number of carbonyl (C=O) groups excluding carboxylic acids is 1. The number of anilines is 1. The summed E-state index contributed by atoms with van der Waals surface area (Å²) in [6, 6.07) is 14.2. The summed E-state index contributed by atoms with van der Waals surface area (Å²) in [4.78, 5) is 12.3. The third-order valence-corrected chi connectivity index (χ3v) is 4.38. The first kappa shape index (κ1) is 13.2. The molecule has 1 aliphatic carbocycles. The Balaban J connectivity index is 1.41. The van der Waals surface area contributed by atoms with Crippen LogP contribution < -0.4 is 15.4 Å². The van der Waals surface area contributed by atoms with Gasteiger partial charge in [-0.2, -0.15) is 0 Å². The van der Waals surface area contributed by atoms with E-state index >= 15 is 0 Å². The number of urea groups is 1. The van der Waals surface area contributed by atoms with Gasteiger partial charge in [0.1, 0.15) is 5.75 Å². The van der Waals surface area contributed by atoms with E-state index in [0.717, 1.165) is 36.3 Å². The maximum Gasteiger partial charge on any atom is 0.319 e. The van der Waals surface area contributed by atoms with Crippen LogP contribution in [-0.2, 0) is 19.3 Å². The molecule has 2 aromatic carbocycles. The van der Waals surface area contributed by atoms with Crippen molar-refractivity contribution >= 4 is 11.7 Å². The average Bonchev–Trinajstić information content (AvgIpc) is 3.12. The number of nitrogens with one attached hydrogen (secondary N) is 2. The molecule has 0 saturated carbocycles. The Morgan fingerprint density at radius 2 is 1.82 bits per heavy atom. The van der Waals surface area contributed by atoms with Crippen molar-refractivity contribution in [3.8, 4) is 5.75 Å². The molecule has 0 atom stereocenters. The second-order valence-corrected chi connectivity index (χ2v) is 5.85. The van der Waals surface area contributed by atoms with Crippen molar-refractivity contribution in [2.75, 3.05) is 11.9 Å². The Labute approximate surface area is 129 Å². The van der Waals surface area contributed by atoms with Gasteiger partial charge in [-0.3, -0.25) is 0 Å². The van der Waals surface area contributed by atoms with Crippen molar-refractivity contribution in [1.29, 1.82) is 0 Å². The van der Waals surface area contributed by atoms with Crippen LogP contribution >= 0.6 is 0 Å². The first-order valence-corrected chi connectivity index (χ1v) is 7.68. The van der Waals surface area contributed by atoms with Gasteiger partial charge >= 0.3 is 6.03 Å². The summed E-state index contributed by atoms with van der Waals surface area (Å²) < 4.78 is 5.52. The van der Waals surface area contributed by atoms with Gasteiger partial charge in [0.25, 0.3) is 0 Å². The van der Waals surface area contributed by atoms with E-state index in [2.05, 4.69) is 34.9 Å². The van der Waals surface area contributed by atoms with E-state index in [9.17, 15) is 4.79 Å². The number of fused-ring (bicyclic) bond motifs is 2. The number of hydrogen-bond acceptors (Lipinski definition) is 2. The molecule has 0 saturated heterocycles. The van der Waals surface area contributed by atoms with Gasteiger partial charge < -0.3 is 15.4 Å². The highest BCUT2D eigenvalue weighted by Gasteiger charge is 2.23. The summed E-state index contributed by atoms with van der Waals surface area (Å²) in [6.45, 7) is 0.688. The van der Waals surface area contributed by atoms with Crippen molar-refractivity contribution in [3.63, 3.8) is 0 Å². The minimum absolute atomic E-state index is 0.141. The van der Waals surface area contributed by atoms with Gasteiger partial charge in [-0.1, -0.05) is 30.3 Å². The fourth-order valence-electron chi connectivity index (χ4n) is 3.34. The summed E-state index contributed by atoms with van der Waals surface area (Å²) >= 11 is 0. The van der Waals surface area contributed by atoms with Gasteiger partial charge in [-0.25, -0.2) is 4.79 Å². The lowest BCUT2D eigenvalue weighted by Crippen LogP contribution is -2.38. The Kier molecular flexibility index (Phi) is 3.22. The third kappa shape index (κ3) is 2.41. The fourth-order valence-corrected chi connectivity index (χ4v) is 3.34. The number of carbonyl (C=O) groups is 1. The van der Waals surface area contributed by atoms with E-state index in [1.165, 1.54) is 11.1 Å². The Morgan fingerprint density at radius 1 is 1.05 bits per heavy atom. The van der Waals surface area contributed by atoms with Crippen molar-refractivity contribution in [2.24, 2.45) is 0 Å². The van der Waals surface area contributed by atoms with Crippen molar-refractivity contribution in [1.82, 2.24) is 5.32 Å². The van der Waals surface area contributed by atoms with Crippen LogP contribution in [0.1, 0.15) is 16.7 Å². The molecule has 22 heavy (non-hydrogen) atoms. The van der Waals surface area contributed by atoms with E-state index in [1.807, 2.05) is 18.2 Å². The summed E-state index contributed by atoms with van der Waals surface area (Å²) in [5.41, 5.74) is 4.61. The molecule has 2 aliphatic rings. The number of benzene rings is 2. The molecule has 1 aliphatic heterocycles. The molecule has 2 aromatic rings. The molecule has 0 spiro atoms.